The summed E-state index contributed by atoms with van der Waals surface area (Å²) in [6, 6.07) is 6.74. The van der Waals surface area contributed by atoms with Gasteiger partial charge in [0.05, 0.1) is 5.69 Å². The summed E-state index contributed by atoms with van der Waals surface area (Å²) in [5.74, 6) is -0.511. The van der Waals surface area contributed by atoms with E-state index in [2.05, 4.69) is 11.7 Å². The average molecular weight is 207 g/mol. The molecule has 1 aromatic rings. The van der Waals surface area contributed by atoms with E-state index in [0.717, 1.165) is 5.69 Å². The molecule has 0 atom stereocenters. The molecule has 4 heteroatoms. The first kappa shape index (κ1) is 11.2. The largest absolute Gasteiger partial charge is 0.478 e. The van der Waals surface area contributed by atoms with Gasteiger partial charge in [-0.3, -0.25) is 4.99 Å². The van der Waals surface area contributed by atoms with Gasteiger partial charge in [-0.1, -0.05) is 0 Å². The van der Waals surface area contributed by atoms with E-state index in [1.807, 2.05) is 0 Å². The van der Waals surface area contributed by atoms with Crippen molar-refractivity contribution in [1.29, 1.82) is 0 Å². The Morgan fingerprint density at radius 3 is 2.33 bits per heavy atom. The molecule has 1 aromatic carbocycles. The van der Waals surface area contributed by atoms with Crippen LogP contribution in [0.4, 0.5) is 5.69 Å². The number of hydrogen-bond donors (Lipinski definition) is 1. The summed E-state index contributed by atoms with van der Waals surface area (Å²) in [7, 11) is 0. The molecule has 0 aromatic heterocycles. The van der Waals surface area contributed by atoms with Crippen LogP contribution in [0.5, 0.6) is 5.75 Å². The number of benzene rings is 1. The van der Waals surface area contributed by atoms with E-state index in [-0.39, 0.29) is 0 Å². The molecular weight excluding hydrogens is 194 g/mol. The third-order valence-electron chi connectivity index (χ3n) is 1.91. The van der Waals surface area contributed by atoms with Crippen molar-refractivity contribution >= 4 is 18.4 Å². The summed E-state index contributed by atoms with van der Waals surface area (Å²) in [5, 5.41) is 8.85. The molecule has 80 valence electrons. The van der Waals surface area contributed by atoms with Crippen LogP contribution in [0.3, 0.4) is 0 Å². The molecule has 0 saturated heterocycles. The number of rotatable bonds is 4. The monoisotopic (exact) mass is 207 g/mol. The van der Waals surface area contributed by atoms with Gasteiger partial charge in [-0.25, -0.2) is 4.79 Å². The van der Waals surface area contributed by atoms with E-state index < -0.39 is 11.6 Å². The van der Waals surface area contributed by atoms with E-state index in [1.165, 1.54) is 13.8 Å². The fourth-order valence-corrected chi connectivity index (χ4v) is 0.958. The normalized spacial score (nSPS) is 10.8. The van der Waals surface area contributed by atoms with Crippen LogP contribution in [0.2, 0.25) is 0 Å². The van der Waals surface area contributed by atoms with Crippen LogP contribution < -0.4 is 4.74 Å². The molecule has 0 aliphatic carbocycles. The van der Waals surface area contributed by atoms with Gasteiger partial charge in [0.1, 0.15) is 5.75 Å². The van der Waals surface area contributed by atoms with Gasteiger partial charge < -0.3 is 9.84 Å². The molecule has 0 unspecified atom stereocenters. The zero-order valence-corrected chi connectivity index (χ0v) is 8.73. The van der Waals surface area contributed by atoms with Crippen molar-refractivity contribution in [2.45, 2.75) is 19.4 Å². The predicted octanol–water partition coefficient (Wildman–Crippen LogP) is 2.26. The van der Waals surface area contributed by atoms with Crippen molar-refractivity contribution in [1.82, 2.24) is 0 Å². The minimum atomic E-state index is -1.23. The van der Waals surface area contributed by atoms with Crippen LogP contribution in [0.25, 0.3) is 0 Å². The van der Waals surface area contributed by atoms with Crippen molar-refractivity contribution in [2.75, 3.05) is 0 Å². The van der Waals surface area contributed by atoms with Crippen molar-refractivity contribution < 1.29 is 14.6 Å². The summed E-state index contributed by atoms with van der Waals surface area (Å²) in [4.78, 5) is 14.5. The van der Waals surface area contributed by atoms with Gasteiger partial charge in [0.25, 0.3) is 0 Å². The van der Waals surface area contributed by atoms with Gasteiger partial charge in [0.15, 0.2) is 5.60 Å². The van der Waals surface area contributed by atoms with Gasteiger partial charge in [0.2, 0.25) is 0 Å². The van der Waals surface area contributed by atoms with Gasteiger partial charge in [-0.15, -0.1) is 0 Å². The van der Waals surface area contributed by atoms with Crippen molar-refractivity contribution in [3.05, 3.63) is 24.3 Å². The average Bonchev–Trinajstić information content (AvgIpc) is 2.18. The molecular formula is C11H13NO3. The molecule has 0 radical (unpaired) electrons. The molecule has 0 spiro atoms. The quantitative estimate of drug-likeness (QED) is 0.770. The first-order valence-corrected chi connectivity index (χ1v) is 4.45. The Morgan fingerprint density at radius 1 is 1.40 bits per heavy atom. The molecule has 15 heavy (non-hydrogen) atoms. The second-order valence-corrected chi connectivity index (χ2v) is 3.57. The predicted molar refractivity (Wildman–Crippen MR) is 58.0 cm³/mol. The molecule has 0 aliphatic heterocycles. The molecule has 4 nitrogen and oxygen atoms in total. The second kappa shape index (κ2) is 4.13. The minimum absolute atomic E-state index is 0.495. The number of carboxylic acid groups (broad SMARTS) is 1. The van der Waals surface area contributed by atoms with Crippen LogP contribution in [-0.4, -0.2) is 23.4 Å². The van der Waals surface area contributed by atoms with Crippen molar-refractivity contribution in [3.63, 3.8) is 0 Å². The Hall–Kier alpha value is -1.84. The number of carboxylic acids is 1. The number of carbonyl (C=O) groups is 1. The lowest BCUT2D eigenvalue weighted by Gasteiger charge is -2.21. The number of hydrogen-bond acceptors (Lipinski definition) is 3. The number of aliphatic carboxylic acids is 1. The fourth-order valence-electron chi connectivity index (χ4n) is 0.958. The molecule has 0 heterocycles. The van der Waals surface area contributed by atoms with Crippen LogP contribution in [0, 0.1) is 0 Å². The Labute approximate surface area is 88.2 Å². The highest BCUT2D eigenvalue weighted by molar-refractivity contribution is 5.76. The topological polar surface area (TPSA) is 58.9 Å². The maximum Gasteiger partial charge on any atom is 0.347 e. The minimum Gasteiger partial charge on any atom is -0.478 e. The third kappa shape index (κ3) is 2.80. The van der Waals surface area contributed by atoms with E-state index in [1.54, 1.807) is 24.3 Å². The number of nitrogens with zero attached hydrogens (tertiary/aromatic N) is 1. The van der Waals surface area contributed by atoms with E-state index in [9.17, 15) is 4.79 Å². The number of ether oxygens (including phenoxy) is 1. The highest BCUT2D eigenvalue weighted by Crippen LogP contribution is 2.21. The fraction of sp³-hybridized carbons (Fsp3) is 0.273. The molecule has 0 amide bonds. The molecule has 0 bridgehead atoms. The summed E-state index contributed by atoms with van der Waals surface area (Å²) in [5.41, 5.74) is -0.515. The summed E-state index contributed by atoms with van der Waals surface area (Å²) < 4.78 is 5.30. The Bertz CT molecular complexity index is 368. The molecule has 1 N–H and O–H groups in total. The van der Waals surface area contributed by atoms with Gasteiger partial charge in [-0.2, -0.15) is 0 Å². The lowest BCUT2D eigenvalue weighted by atomic mass is 10.1. The maximum absolute atomic E-state index is 10.8. The highest BCUT2D eigenvalue weighted by Gasteiger charge is 2.29. The zero-order valence-electron chi connectivity index (χ0n) is 8.73. The van der Waals surface area contributed by atoms with Crippen LogP contribution >= 0.6 is 0 Å². The van der Waals surface area contributed by atoms with Gasteiger partial charge in [-0.05, 0) is 44.8 Å². The van der Waals surface area contributed by atoms with Gasteiger partial charge >= 0.3 is 5.97 Å². The van der Waals surface area contributed by atoms with E-state index in [0.29, 0.717) is 5.75 Å². The lowest BCUT2D eigenvalue weighted by molar-refractivity contribution is -0.152. The standard InChI is InChI=1S/C11H13NO3/c1-11(2,10(13)14)15-9-6-4-8(12-3)5-7-9/h4-7H,3H2,1-2H3,(H,13,14). The van der Waals surface area contributed by atoms with Crippen molar-refractivity contribution in [2.24, 2.45) is 4.99 Å². The maximum atomic E-state index is 10.8. The van der Waals surface area contributed by atoms with E-state index >= 15 is 0 Å². The first-order valence-electron chi connectivity index (χ1n) is 4.45. The lowest BCUT2D eigenvalue weighted by Crippen LogP contribution is -2.37. The van der Waals surface area contributed by atoms with Crippen molar-refractivity contribution in [3.8, 4) is 5.75 Å². The summed E-state index contributed by atoms with van der Waals surface area (Å²) in [6.07, 6.45) is 0. The molecule has 0 fully saturated rings. The Balaban J connectivity index is 2.81. The first-order chi connectivity index (χ1) is 6.95. The second-order valence-electron chi connectivity index (χ2n) is 3.57. The summed E-state index contributed by atoms with van der Waals surface area (Å²) in [6.45, 7) is 6.37. The smallest absolute Gasteiger partial charge is 0.347 e. The van der Waals surface area contributed by atoms with E-state index in [4.69, 9.17) is 9.84 Å². The number of aliphatic imine (C=N–C) groups is 1. The third-order valence-corrected chi connectivity index (χ3v) is 1.91. The van der Waals surface area contributed by atoms with Gasteiger partial charge in [0, 0.05) is 0 Å². The molecule has 1 rings (SSSR count). The van der Waals surface area contributed by atoms with Crippen LogP contribution in [0.1, 0.15) is 13.8 Å². The summed E-state index contributed by atoms with van der Waals surface area (Å²) >= 11 is 0. The zero-order chi connectivity index (χ0) is 11.5. The Kier molecular flexibility index (Phi) is 3.09. The Morgan fingerprint density at radius 2 is 1.93 bits per heavy atom. The van der Waals surface area contributed by atoms with Crippen LogP contribution in [0.15, 0.2) is 29.3 Å². The van der Waals surface area contributed by atoms with Crippen LogP contribution in [-0.2, 0) is 4.79 Å². The SMILES string of the molecule is C=Nc1ccc(OC(C)(C)C(=O)O)cc1. The molecule has 0 saturated carbocycles. The highest BCUT2D eigenvalue weighted by atomic mass is 16.5. The molecule has 0 aliphatic rings.